The van der Waals surface area contributed by atoms with Crippen LogP contribution in [0.4, 0.5) is 0 Å². The number of aliphatic imine (C=N–C) groups is 1. The van der Waals surface area contributed by atoms with Crippen LogP contribution in [0.1, 0.15) is 29.7 Å². The molecule has 0 amide bonds. The lowest BCUT2D eigenvalue weighted by molar-refractivity contribution is 0.180. The number of aliphatic hydroxyl groups is 1. The van der Waals surface area contributed by atoms with E-state index in [4.69, 9.17) is 9.47 Å². The molecule has 0 saturated heterocycles. The smallest absolute Gasteiger partial charge is 0.191 e. The van der Waals surface area contributed by atoms with Gasteiger partial charge < -0.3 is 25.2 Å². The number of aliphatic hydroxyl groups excluding tert-OH is 1. The van der Waals surface area contributed by atoms with E-state index in [1.807, 2.05) is 6.92 Å². The number of hydrogen-bond donors (Lipinski definition) is 3. The van der Waals surface area contributed by atoms with Gasteiger partial charge in [0.15, 0.2) is 5.96 Å². The van der Waals surface area contributed by atoms with E-state index in [0.717, 1.165) is 6.54 Å². The van der Waals surface area contributed by atoms with Crippen molar-refractivity contribution in [1.82, 2.24) is 10.6 Å². The van der Waals surface area contributed by atoms with Gasteiger partial charge in [0, 0.05) is 24.1 Å². The Balaban J connectivity index is 0.00000450. The molecule has 0 aliphatic heterocycles. The van der Waals surface area contributed by atoms with Gasteiger partial charge in [0.2, 0.25) is 0 Å². The van der Waals surface area contributed by atoms with Crippen LogP contribution in [0.2, 0.25) is 0 Å². The van der Waals surface area contributed by atoms with Gasteiger partial charge in [-0.05, 0) is 55.0 Å². The molecule has 0 aliphatic carbocycles. The molecule has 0 bridgehead atoms. The zero-order valence-electron chi connectivity index (χ0n) is 18.2. The molecule has 8 heteroatoms. The third kappa shape index (κ3) is 7.88. The lowest BCUT2D eigenvalue weighted by Crippen LogP contribution is -2.39. The third-order valence-corrected chi connectivity index (χ3v) is 5.24. The van der Waals surface area contributed by atoms with E-state index >= 15 is 0 Å². The van der Waals surface area contributed by atoms with E-state index in [1.54, 1.807) is 44.2 Å². The minimum atomic E-state index is -0.732. The molecular weight excluding hydrogens is 513 g/mol. The second-order valence-corrected chi connectivity index (χ2v) is 7.40. The number of nitrogens with zero attached hydrogens (tertiary/aromatic N) is 1. The van der Waals surface area contributed by atoms with Crippen LogP contribution in [0.5, 0.6) is 11.5 Å². The van der Waals surface area contributed by atoms with Crippen molar-refractivity contribution in [3.8, 4) is 11.5 Å². The molecule has 1 atom stereocenters. The third-order valence-electron chi connectivity index (χ3n) is 4.42. The lowest BCUT2D eigenvalue weighted by Gasteiger charge is -2.17. The van der Waals surface area contributed by atoms with Crippen molar-refractivity contribution in [3.05, 3.63) is 53.1 Å². The van der Waals surface area contributed by atoms with Gasteiger partial charge in [0.1, 0.15) is 11.5 Å². The zero-order valence-corrected chi connectivity index (χ0v) is 21.3. The average Bonchev–Trinajstić information content (AvgIpc) is 2.75. The number of benzene rings is 2. The average molecular weight is 545 g/mol. The van der Waals surface area contributed by atoms with Crippen molar-refractivity contribution >= 4 is 41.7 Å². The highest BCUT2D eigenvalue weighted by atomic mass is 127. The van der Waals surface area contributed by atoms with Crippen LogP contribution >= 0.6 is 35.7 Å². The number of nitrogens with one attached hydrogen (secondary N) is 2. The first-order chi connectivity index (χ1) is 14.0. The van der Waals surface area contributed by atoms with Gasteiger partial charge in [-0.25, -0.2) is 4.99 Å². The van der Waals surface area contributed by atoms with Crippen molar-refractivity contribution < 1.29 is 14.6 Å². The van der Waals surface area contributed by atoms with Crippen LogP contribution in [0.25, 0.3) is 0 Å². The summed E-state index contributed by atoms with van der Waals surface area (Å²) in [5.41, 5.74) is 3.13. The minimum absolute atomic E-state index is 0. The second-order valence-electron chi connectivity index (χ2n) is 6.55. The van der Waals surface area contributed by atoms with Gasteiger partial charge in [-0.3, -0.25) is 0 Å². The van der Waals surface area contributed by atoms with Gasteiger partial charge in [-0.2, -0.15) is 0 Å². The van der Waals surface area contributed by atoms with Crippen molar-refractivity contribution in [1.29, 1.82) is 0 Å². The van der Waals surface area contributed by atoms with Crippen LogP contribution in [0, 0.1) is 6.92 Å². The lowest BCUT2D eigenvalue weighted by atomic mass is 10.1. The molecule has 0 aromatic heterocycles. The second kappa shape index (κ2) is 13.6. The molecule has 0 heterocycles. The number of rotatable bonds is 9. The molecule has 0 fully saturated rings. The van der Waals surface area contributed by atoms with Gasteiger partial charge in [-0.15, -0.1) is 35.7 Å². The SMILES string of the molecule is CCNC(=NCc1ccc(C)cc1SC)NCC(O)c1cc(OC)cc(OC)c1.I. The Labute approximate surface area is 200 Å². The van der Waals surface area contributed by atoms with Crippen LogP contribution in [-0.2, 0) is 6.54 Å². The fourth-order valence-corrected chi connectivity index (χ4v) is 3.52. The highest BCUT2D eigenvalue weighted by Gasteiger charge is 2.12. The molecule has 6 nitrogen and oxygen atoms in total. The zero-order chi connectivity index (χ0) is 21.2. The van der Waals surface area contributed by atoms with Crippen molar-refractivity contribution in [3.63, 3.8) is 0 Å². The van der Waals surface area contributed by atoms with Crippen LogP contribution < -0.4 is 20.1 Å². The summed E-state index contributed by atoms with van der Waals surface area (Å²) in [7, 11) is 3.18. The highest BCUT2D eigenvalue weighted by Crippen LogP contribution is 2.26. The summed E-state index contributed by atoms with van der Waals surface area (Å²) in [5, 5.41) is 17.1. The van der Waals surface area contributed by atoms with E-state index in [-0.39, 0.29) is 24.0 Å². The van der Waals surface area contributed by atoms with Gasteiger partial charge in [0.05, 0.1) is 26.9 Å². The predicted octanol–water partition coefficient (Wildman–Crippen LogP) is 4.14. The Morgan fingerprint density at radius 2 is 1.77 bits per heavy atom. The molecule has 30 heavy (non-hydrogen) atoms. The van der Waals surface area contributed by atoms with Crippen LogP contribution in [0.3, 0.4) is 0 Å². The maximum atomic E-state index is 10.6. The fourth-order valence-electron chi connectivity index (χ4n) is 2.82. The summed E-state index contributed by atoms with van der Waals surface area (Å²) < 4.78 is 10.6. The number of ether oxygens (including phenoxy) is 2. The first-order valence-electron chi connectivity index (χ1n) is 9.57. The Kier molecular flexibility index (Phi) is 12.0. The van der Waals surface area contributed by atoms with Crippen molar-refractivity contribution in [2.75, 3.05) is 33.6 Å². The monoisotopic (exact) mass is 545 g/mol. The number of thioether (sulfide) groups is 1. The molecule has 166 valence electrons. The van der Waals surface area contributed by atoms with Crippen LogP contribution in [0.15, 0.2) is 46.3 Å². The van der Waals surface area contributed by atoms with Crippen molar-refractivity contribution in [2.45, 2.75) is 31.4 Å². The minimum Gasteiger partial charge on any atom is -0.497 e. The first-order valence-corrected chi connectivity index (χ1v) is 10.8. The number of guanidine groups is 1. The molecule has 3 N–H and O–H groups in total. The standard InChI is InChI=1S/C22H31N3O3S.HI/c1-6-23-22(24-13-16-8-7-15(2)9-21(16)29-5)25-14-20(26)17-10-18(27-3)12-19(11-17)28-4;/h7-12,20,26H,6,13-14H2,1-5H3,(H2,23,24,25);1H. The van der Waals surface area contributed by atoms with Gasteiger partial charge >= 0.3 is 0 Å². The summed E-state index contributed by atoms with van der Waals surface area (Å²) >= 11 is 1.72. The summed E-state index contributed by atoms with van der Waals surface area (Å²) in [4.78, 5) is 5.91. The topological polar surface area (TPSA) is 75.1 Å². The summed E-state index contributed by atoms with van der Waals surface area (Å²) in [5.74, 6) is 1.94. The normalized spacial score (nSPS) is 12.0. The number of halogens is 1. The molecule has 0 aliphatic rings. The molecule has 2 aromatic carbocycles. The summed E-state index contributed by atoms with van der Waals surface area (Å²) in [6.07, 6.45) is 1.34. The molecule has 2 aromatic rings. The molecule has 2 rings (SSSR count). The largest absolute Gasteiger partial charge is 0.497 e. The fraction of sp³-hybridized carbons (Fsp3) is 0.409. The van der Waals surface area contributed by atoms with E-state index in [2.05, 4.69) is 47.0 Å². The number of aryl methyl sites for hydroxylation is 1. The summed E-state index contributed by atoms with van der Waals surface area (Å²) in [6.45, 7) is 5.71. The Bertz CT molecular complexity index is 811. The van der Waals surface area contributed by atoms with Gasteiger partial charge in [0.25, 0.3) is 0 Å². The highest BCUT2D eigenvalue weighted by molar-refractivity contribution is 14.0. The van der Waals surface area contributed by atoms with E-state index in [1.165, 1.54) is 16.0 Å². The van der Waals surface area contributed by atoms with E-state index < -0.39 is 6.10 Å². The number of methoxy groups -OCH3 is 2. The maximum Gasteiger partial charge on any atom is 0.191 e. The van der Waals surface area contributed by atoms with Crippen LogP contribution in [-0.4, -0.2) is 44.6 Å². The van der Waals surface area contributed by atoms with Crippen molar-refractivity contribution in [2.24, 2.45) is 4.99 Å². The van der Waals surface area contributed by atoms with Gasteiger partial charge in [-0.1, -0.05) is 12.1 Å². The molecule has 0 radical (unpaired) electrons. The quantitative estimate of drug-likeness (QED) is 0.190. The molecule has 0 saturated carbocycles. The Hall–Kier alpha value is -1.65. The predicted molar refractivity (Wildman–Crippen MR) is 136 cm³/mol. The first kappa shape index (κ1) is 26.4. The molecule has 0 spiro atoms. The molecular formula is C22H32IN3O3S. The summed E-state index contributed by atoms with van der Waals surface area (Å²) in [6, 6.07) is 11.8. The van der Waals surface area contributed by atoms with E-state index in [0.29, 0.717) is 36.1 Å². The Morgan fingerprint density at radius 1 is 1.10 bits per heavy atom. The number of hydrogen-bond acceptors (Lipinski definition) is 5. The molecule has 1 unspecified atom stereocenters. The maximum absolute atomic E-state index is 10.6. The van der Waals surface area contributed by atoms with E-state index in [9.17, 15) is 5.11 Å². The Morgan fingerprint density at radius 3 is 2.33 bits per heavy atom.